The number of ether oxygens (including phenoxy) is 1. The predicted octanol–water partition coefficient (Wildman–Crippen LogP) is 5.25. The molecule has 1 N–H and O–H groups in total. The molecule has 0 aliphatic heterocycles. The quantitative estimate of drug-likeness (QED) is 0.641. The van der Waals surface area contributed by atoms with Gasteiger partial charge in [0.05, 0.1) is 12.2 Å². The van der Waals surface area contributed by atoms with Crippen molar-refractivity contribution in [1.29, 1.82) is 0 Å². The highest BCUT2D eigenvalue weighted by atomic mass is 32.1. The van der Waals surface area contributed by atoms with Gasteiger partial charge in [0.15, 0.2) is 11.6 Å². The van der Waals surface area contributed by atoms with Crippen molar-refractivity contribution in [3.8, 4) is 21.6 Å². The van der Waals surface area contributed by atoms with Crippen LogP contribution in [0.1, 0.15) is 15.2 Å². The summed E-state index contributed by atoms with van der Waals surface area (Å²) in [6, 6.07) is 12.3. The molecule has 0 unspecified atom stereocenters. The number of carboxylic acid groups (broad SMARTS) is 1. The van der Waals surface area contributed by atoms with Crippen LogP contribution >= 0.6 is 11.3 Å². The number of hydrogen-bond donors (Lipinski definition) is 1. The van der Waals surface area contributed by atoms with E-state index in [0.29, 0.717) is 29.0 Å². The smallest absolute Gasteiger partial charge is 0.336 e. The molecule has 0 fully saturated rings. The van der Waals surface area contributed by atoms with Crippen molar-refractivity contribution in [2.45, 2.75) is 6.42 Å². The van der Waals surface area contributed by atoms with E-state index >= 15 is 0 Å². The van der Waals surface area contributed by atoms with Crippen molar-refractivity contribution in [2.75, 3.05) is 13.7 Å². The third kappa shape index (κ3) is 3.52. The standard InChI is InChI=1S/C20H16F2O3S/c1-25-10-9-12-11-16(13-7-4-8-17(21)18(13)22)19(26-12)14-5-2-3-6-15(14)20(23)24/h2-8,11H,9-10H2,1H3,(H,23,24). The van der Waals surface area contributed by atoms with Crippen molar-refractivity contribution in [1.82, 2.24) is 0 Å². The van der Waals surface area contributed by atoms with Crippen LogP contribution < -0.4 is 0 Å². The van der Waals surface area contributed by atoms with Gasteiger partial charge in [-0.15, -0.1) is 11.3 Å². The van der Waals surface area contributed by atoms with Crippen LogP contribution in [0.5, 0.6) is 0 Å². The Morgan fingerprint density at radius 2 is 1.81 bits per heavy atom. The summed E-state index contributed by atoms with van der Waals surface area (Å²) < 4.78 is 33.2. The fourth-order valence-corrected chi connectivity index (χ4v) is 3.94. The number of benzene rings is 2. The fourth-order valence-electron chi connectivity index (χ4n) is 2.75. The average molecular weight is 374 g/mol. The van der Waals surface area contributed by atoms with Crippen LogP contribution in [0.3, 0.4) is 0 Å². The van der Waals surface area contributed by atoms with Gasteiger partial charge in [0.25, 0.3) is 0 Å². The number of halogens is 2. The first-order valence-corrected chi connectivity index (χ1v) is 8.73. The number of carbonyl (C=O) groups is 1. The Kier molecular flexibility index (Phi) is 5.44. The lowest BCUT2D eigenvalue weighted by Gasteiger charge is -2.08. The van der Waals surface area contributed by atoms with Crippen molar-refractivity contribution in [3.63, 3.8) is 0 Å². The van der Waals surface area contributed by atoms with Crippen molar-refractivity contribution < 1.29 is 23.4 Å². The van der Waals surface area contributed by atoms with Gasteiger partial charge in [-0.05, 0) is 18.2 Å². The third-order valence-corrected chi connectivity index (χ3v) is 5.21. The molecule has 1 aromatic heterocycles. The number of carboxylic acids is 1. The molecule has 0 spiro atoms. The predicted molar refractivity (Wildman–Crippen MR) is 97.6 cm³/mol. The van der Waals surface area contributed by atoms with E-state index in [-0.39, 0.29) is 11.1 Å². The highest BCUT2D eigenvalue weighted by Crippen LogP contribution is 2.42. The van der Waals surface area contributed by atoms with Gasteiger partial charge in [0.2, 0.25) is 0 Å². The van der Waals surface area contributed by atoms with Gasteiger partial charge in [-0.2, -0.15) is 0 Å². The van der Waals surface area contributed by atoms with Crippen LogP contribution in [-0.4, -0.2) is 24.8 Å². The molecule has 0 aliphatic rings. The maximum Gasteiger partial charge on any atom is 0.336 e. The average Bonchev–Trinajstić information content (AvgIpc) is 3.06. The van der Waals surface area contributed by atoms with Gasteiger partial charge in [-0.25, -0.2) is 13.6 Å². The Labute approximate surface area is 153 Å². The van der Waals surface area contributed by atoms with Gasteiger partial charge in [0, 0.05) is 40.0 Å². The zero-order chi connectivity index (χ0) is 18.7. The van der Waals surface area contributed by atoms with Crippen LogP contribution in [0.4, 0.5) is 8.78 Å². The first-order valence-electron chi connectivity index (χ1n) is 7.91. The van der Waals surface area contributed by atoms with Crippen molar-refractivity contribution >= 4 is 17.3 Å². The monoisotopic (exact) mass is 374 g/mol. The summed E-state index contributed by atoms with van der Waals surface area (Å²) in [5, 5.41) is 9.49. The minimum Gasteiger partial charge on any atom is -0.478 e. The lowest BCUT2D eigenvalue weighted by atomic mass is 9.98. The van der Waals surface area contributed by atoms with Gasteiger partial charge in [-0.3, -0.25) is 0 Å². The zero-order valence-corrected chi connectivity index (χ0v) is 14.8. The molecular formula is C20H16F2O3S. The van der Waals surface area contributed by atoms with Crippen LogP contribution in [0.2, 0.25) is 0 Å². The maximum absolute atomic E-state index is 14.4. The summed E-state index contributed by atoms with van der Waals surface area (Å²) in [4.78, 5) is 13.1. The molecule has 0 atom stereocenters. The summed E-state index contributed by atoms with van der Waals surface area (Å²) in [7, 11) is 1.58. The van der Waals surface area contributed by atoms with E-state index in [4.69, 9.17) is 4.74 Å². The van der Waals surface area contributed by atoms with E-state index in [0.717, 1.165) is 10.9 Å². The lowest BCUT2D eigenvalue weighted by molar-refractivity contribution is 0.0698. The highest BCUT2D eigenvalue weighted by Gasteiger charge is 2.21. The molecule has 0 radical (unpaired) electrons. The van der Waals surface area contributed by atoms with E-state index in [1.165, 1.54) is 29.5 Å². The van der Waals surface area contributed by atoms with Crippen LogP contribution in [-0.2, 0) is 11.2 Å². The SMILES string of the molecule is COCCc1cc(-c2cccc(F)c2F)c(-c2ccccc2C(=O)O)s1. The molecule has 3 nitrogen and oxygen atoms in total. The summed E-state index contributed by atoms with van der Waals surface area (Å²) in [5.74, 6) is -2.96. The van der Waals surface area contributed by atoms with E-state index in [1.807, 2.05) is 0 Å². The molecular weight excluding hydrogens is 358 g/mol. The minimum atomic E-state index is -1.07. The van der Waals surface area contributed by atoms with Gasteiger partial charge < -0.3 is 9.84 Å². The van der Waals surface area contributed by atoms with Crippen molar-refractivity contribution in [3.05, 3.63) is 70.6 Å². The summed E-state index contributed by atoms with van der Waals surface area (Å²) in [6.45, 7) is 0.478. The minimum absolute atomic E-state index is 0.111. The van der Waals surface area contributed by atoms with Crippen LogP contribution in [0.25, 0.3) is 21.6 Å². The molecule has 0 bridgehead atoms. The first kappa shape index (κ1) is 18.2. The number of methoxy groups -OCH3 is 1. The largest absolute Gasteiger partial charge is 0.478 e. The molecule has 3 rings (SSSR count). The molecule has 6 heteroatoms. The van der Waals surface area contributed by atoms with Gasteiger partial charge in [0.1, 0.15) is 0 Å². The van der Waals surface area contributed by atoms with E-state index < -0.39 is 17.6 Å². The second-order valence-electron chi connectivity index (χ2n) is 5.65. The summed E-state index contributed by atoms with van der Waals surface area (Å²) >= 11 is 1.36. The second kappa shape index (κ2) is 7.76. The Morgan fingerprint density at radius 3 is 2.54 bits per heavy atom. The maximum atomic E-state index is 14.4. The summed E-state index contributed by atoms with van der Waals surface area (Å²) in [5.41, 5.74) is 1.19. The Balaban J connectivity index is 2.23. The number of thiophene rings is 1. The highest BCUT2D eigenvalue weighted by molar-refractivity contribution is 7.16. The molecule has 3 aromatic rings. The van der Waals surface area contributed by atoms with Gasteiger partial charge >= 0.3 is 5.97 Å². The normalized spacial score (nSPS) is 10.9. The Bertz CT molecular complexity index is 950. The fraction of sp³-hybridized carbons (Fsp3) is 0.150. The topological polar surface area (TPSA) is 46.5 Å². The van der Waals surface area contributed by atoms with Gasteiger partial charge in [-0.1, -0.05) is 30.3 Å². The van der Waals surface area contributed by atoms with Crippen molar-refractivity contribution in [2.24, 2.45) is 0 Å². The lowest BCUT2D eigenvalue weighted by Crippen LogP contribution is -1.99. The zero-order valence-electron chi connectivity index (χ0n) is 14.0. The van der Waals surface area contributed by atoms with Crippen LogP contribution in [0, 0.1) is 11.6 Å². The van der Waals surface area contributed by atoms with E-state index in [1.54, 1.807) is 31.4 Å². The third-order valence-electron chi connectivity index (χ3n) is 3.98. The number of hydrogen-bond acceptors (Lipinski definition) is 3. The molecule has 0 saturated carbocycles. The molecule has 134 valence electrons. The molecule has 0 aliphatic carbocycles. The molecule has 26 heavy (non-hydrogen) atoms. The number of rotatable bonds is 6. The molecule has 0 saturated heterocycles. The second-order valence-corrected chi connectivity index (χ2v) is 6.79. The molecule has 1 heterocycles. The first-order chi connectivity index (χ1) is 12.5. The number of aromatic carboxylic acids is 1. The summed E-state index contributed by atoms with van der Waals surface area (Å²) in [6.07, 6.45) is 0.598. The van der Waals surface area contributed by atoms with E-state index in [9.17, 15) is 18.7 Å². The van der Waals surface area contributed by atoms with E-state index in [2.05, 4.69) is 0 Å². The Morgan fingerprint density at radius 1 is 1.08 bits per heavy atom. The Hall–Kier alpha value is -2.57. The molecule has 2 aromatic carbocycles. The molecule has 0 amide bonds. The van der Waals surface area contributed by atoms with Crippen LogP contribution in [0.15, 0.2) is 48.5 Å².